The zero-order valence-electron chi connectivity index (χ0n) is 14.1. The van der Waals surface area contributed by atoms with Gasteiger partial charge in [-0.1, -0.05) is 0 Å². The zero-order chi connectivity index (χ0) is 18.3. The SMILES string of the molecule is O=C(NC[C@@H]1CCN(c2ccc(F)c(F)c2)C1)c1n[nH]c(C2CC2)c1Br. The summed E-state index contributed by atoms with van der Waals surface area (Å²) in [7, 11) is 0. The van der Waals surface area contributed by atoms with E-state index in [0.717, 1.165) is 42.0 Å². The van der Waals surface area contributed by atoms with E-state index in [-0.39, 0.29) is 11.8 Å². The van der Waals surface area contributed by atoms with E-state index < -0.39 is 11.6 Å². The third-order valence-electron chi connectivity index (χ3n) is 5.04. The molecule has 2 fully saturated rings. The molecule has 0 bridgehead atoms. The van der Waals surface area contributed by atoms with Gasteiger partial charge in [0.2, 0.25) is 0 Å². The van der Waals surface area contributed by atoms with Crippen molar-refractivity contribution in [2.24, 2.45) is 5.92 Å². The fourth-order valence-electron chi connectivity index (χ4n) is 3.37. The molecule has 1 aromatic carbocycles. The van der Waals surface area contributed by atoms with Gasteiger partial charge in [0, 0.05) is 37.3 Å². The van der Waals surface area contributed by atoms with Crippen molar-refractivity contribution in [2.75, 3.05) is 24.5 Å². The number of halogens is 3. The fourth-order valence-corrected chi connectivity index (χ4v) is 4.05. The maximum absolute atomic E-state index is 13.4. The van der Waals surface area contributed by atoms with Crippen LogP contribution in [0.1, 0.15) is 41.4 Å². The highest BCUT2D eigenvalue weighted by Gasteiger charge is 2.31. The monoisotopic (exact) mass is 424 g/mol. The Morgan fingerprint density at radius 1 is 1.31 bits per heavy atom. The minimum Gasteiger partial charge on any atom is -0.371 e. The van der Waals surface area contributed by atoms with Gasteiger partial charge in [-0.2, -0.15) is 5.10 Å². The number of carbonyl (C=O) groups excluding carboxylic acids is 1. The van der Waals surface area contributed by atoms with Crippen molar-refractivity contribution in [2.45, 2.75) is 25.2 Å². The van der Waals surface area contributed by atoms with Gasteiger partial charge in [-0.05, 0) is 53.2 Å². The van der Waals surface area contributed by atoms with Crippen LogP contribution in [-0.2, 0) is 0 Å². The predicted octanol–water partition coefficient (Wildman–Crippen LogP) is 3.58. The number of nitrogens with zero attached hydrogens (tertiary/aromatic N) is 2. The normalized spacial score (nSPS) is 19.8. The Kier molecular flexibility index (Phi) is 4.69. The van der Waals surface area contributed by atoms with Gasteiger partial charge in [0.1, 0.15) is 0 Å². The molecule has 0 spiro atoms. The van der Waals surface area contributed by atoms with Crippen molar-refractivity contribution < 1.29 is 13.6 Å². The third kappa shape index (κ3) is 3.47. The Morgan fingerprint density at radius 2 is 2.12 bits per heavy atom. The van der Waals surface area contributed by atoms with Crippen molar-refractivity contribution in [1.29, 1.82) is 0 Å². The summed E-state index contributed by atoms with van der Waals surface area (Å²) in [5.41, 5.74) is 2.06. The molecule has 1 aliphatic carbocycles. The molecule has 1 saturated carbocycles. The van der Waals surface area contributed by atoms with Gasteiger partial charge in [-0.25, -0.2) is 8.78 Å². The molecule has 2 aromatic rings. The van der Waals surface area contributed by atoms with E-state index in [4.69, 9.17) is 0 Å². The molecule has 138 valence electrons. The number of aromatic nitrogens is 2. The Balaban J connectivity index is 1.32. The second-order valence-corrected chi connectivity index (χ2v) is 7.78. The van der Waals surface area contributed by atoms with E-state index in [0.29, 0.717) is 30.4 Å². The second kappa shape index (κ2) is 6.98. The first-order valence-corrected chi connectivity index (χ1v) is 9.54. The maximum atomic E-state index is 13.4. The van der Waals surface area contributed by atoms with Crippen LogP contribution in [0.2, 0.25) is 0 Å². The number of nitrogens with one attached hydrogen (secondary N) is 2. The van der Waals surface area contributed by atoms with E-state index in [1.807, 2.05) is 4.90 Å². The smallest absolute Gasteiger partial charge is 0.272 e. The van der Waals surface area contributed by atoms with Crippen LogP contribution in [0.4, 0.5) is 14.5 Å². The van der Waals surface area contributed by atoms with Crippen LogP contribution in [0.5, 0.6) is 0 Å². The topological polar surface area (TPSA) is 61.0 Å². The summed E-state index contributed by atoms with van der Waals surface area (Å²) >= 11 is 3.47. The maximum Gasteiger partial charge on any atom is 0.272 e. The van der Waals surface area contributed by atoms with Gasteiger partial charge < -0.3 is 10.2 Å². The average Bonchev–Trinajstić information content (AvgIpc) is 3.22. The van der Waals surface area contributed by atoms with Crippen molar-refractivity contribution in [3.63, 3.8) is 0 Å². The van der Waals surface area contributed by atoms with Gasteiger partial charge in [0.25, 0.3) is 5.91 Å². The average molecular weight is 425 g/mol. The molecule has 2 N–H and O–H groups in total. The van der Waals surface area contributed by atoms with Crippen LogP contribution >= 0.6 is 15.9 Å². The highest BCUT2D eigenvalue weighted by atomic mass is 79.9. The highest BCUT2D eigenvalue weighted by molar-refractivity contribution is 9.10. The van der Waals surface area contributed by atoms with Crippen LogP contribution in [0, 0.1) is 17.6 Å². The molecule has 4 rings (SSSR count). The van der Waals surface area contributed by atoms with Gasteiger partial charge >= 0.3 is 0 Å². The number of rotatable bonds is 5. The van der Waals surface area contributed by atoms with Gasteiger partial charge in [0.15, 0.2) is 17.3 Å². The lowest BCUT2D eigenvalue weighted by molar-refractivity contribution is 0.0942. The van der Waals surface area contributed by atoms with E-state index in [1.54, 1.807) is 6.07 Å². The minimum atomic E-state index is -0.841. The summed E-state index contributed by atoms with van der Waals surface area (Å²) in [6.07, 6.45) is 3.14. The molecule has 8 heteroatoms. The molecule has 2 aliphatic rings. The number of H-pyrrole nitrogens is 1. The van der Waals surface area contributed by atoms with E-state index in [2.05, 4.69) is 31.4 Å². The summed E-state index contributed by atoms with van der Waals surface area (Å²) in [4.78, 5) is 14.4. The standard InChI is InChI=1S/C18H19BrF2N4O/c19-15-16(11-1-2-11)23-24-17(15)18(26)22-8-10-5-6-25(9-10)12-3-4-13(20)14(21)7-12/h3-4,7,10-11H,1-2,5-6,8-9H2,(H,22,26)(H,23,24)/t10-/m0/s1. The van der Waals surface area contributed by atoms with E-state index in [1.165, 1.54) is 6.07 Å². The molecule has 1 saturated heterocycles. The van der Waals surface area contributed by atoms with Crippen molar-refractivity contribution >= 4 is 27.5 Å². The number of hydrogen-bond acceptors (Lipinski definition) is 3. The molecule has 1 amide bonds. The number of amides is 1. The molecule has 26 heavy (non-hydrogen) atoms. The first kappa shape index (κ1) is 17.5. The zero-order valence-corrected chi connectivity index (χ0v) is 15.7. The molecular weight excluding hydrogens is 406 g/mol. The quantitative estimate of drug-likeness (QED) is 0.770. The number of carbonyl (C=O) groups is 1. The molecule has 5 nitrogen and oxygen atoms in total. The highest BCUT2D eigenvalue weighted by Crippen LogP contribution is 2.42. The van der Waals surface area contributed by atoms with E-state index >= 15 is 0 Å². The van der Waals surface area contributed by atoms with Crippen LogP contribution in [0.25, 0.3) is 0 Å². The second-order valence-electron chi connectivity index (χ2n) is 6.98. The summed E-state index contributed by atoms with van der Waals surface area (Å²) in [5.74, 6) is -1.14. The summed E-state index contributed by atoms with van der Waals surface area (Å²) in [6, 6.07) is 3.95. The molecule has 0 unspecified atom stereocenters. The molecule has 1 aliphatic heterocycles. The summed E-state index contributed by atoms with van der Waals surface area (Å²) in [5, 5.41) is 10.0. The van der Waals surface area contributed by atoms with Gasteiger partial charge in [0.05, 0.1) is 10.2 Å². The van der Waals surface area contributed by atoms with Gasteiger partial charge in [-0.3, -0.25) is 9.89 Å². The number of benzene rings is 1. The van der Waals surface area contributed by atoms with Gasteiger partial charge in [-0.15, -0.1) is 0 Å². The van der Waals surface area contributed by atoms with Crippen molar-refractivity contribution in [3.05, 3.63) is 45.7 Å². The lowest BCUT2D eigenvalue weighted by atomic mass is 10.1. The largest absolute Gasteiger partial charge is 0.371 e. The first-order valence-electron chi connectivity index (χ1n) is 8.75. The lowest BCUT2D eigenvalue weighted by Crippen LogP contribution is -2.31. The van der Waals surface area contributed by atoms with Crippen molar-refractivity contribution in [1.82, 2.24) is 15.5 Å². The van der Waals surface area contributed by atoms with Crippen LogP contribution < -0.4 is 10.2 Å². The Hall–Kier alpha value is -1.96. The molecule has 1 aromatic heterocycles. The minimum absolute atomic E-state index is 0.202. The van der Waals surface area contributed by atoms with Crippen molar-refractivity contribution in [3.8, 4) is 0 Å². The predicted molar refractivity (Wildman–Crippen MR) is 97.3 cm³/mol. The molecule has 2 heterocycles. The first-order chi connectivity index (χ1) is 12.5. The summed E-state index contributed by atoms with van der Waals surface area (Å²) < 4.78 is 27.2. The Morgan fingerprint density at radius 3 is 2.85 bits per heavy atom. The number of aromatic amines is 1. The lowest BCUT2D eigenvalue weighted by Gasteiger charge is -2.19. The van der Waals surface area contributed by atoms with Crippen LogP contribution in [0.15, 0.2) is 22.7 Å². The number of anilines is 1. The Bertz CT molecular complexity index is 837. The Labute approximate surface area is 158 Å². The van der Waals surface area contributed by atoms with Crippen LogP contribution in [-0.4, -0.2) is 35.7 Å². The van der Waals surface area contributed by atoms with E-state index in [9.17, 15) is 13.6 Å². The molecular formula is C18H19BrF2N4O. The number of hydrogen-bond donors (Lipinski definition) is 2. The molecule has 0 radical (unpaired) electrons. The van der Waals surface area contributed by atoms with Crippen LogP contribution in [0.3, 0.4) is 0 Å². The third-order valence-corrected chi connectivity index (χ3v) is 5.84. The summed E-state index contributed by atoms with van der Waals surface area (Å²) in [6.45, 7) is 1.97. The fraction of sp³-hybridized carbons (Fsp3) is 0.444. The molecule has 1 atom stereocenters.